The van der Waals surface area contributed by atoms with Crippen LogP contribution in [0.3, 0.4) is 0 Å². The van der Waals surface area contributed by atoms with Crippen molar-refractivity contribution in [2.75, 3.05) is 13.1 Å². The van der Waals surface area contributed by atoms with Crippen molar-refractivity contribution in [3.8, 4) is 0 Å². The molecule has 0 bridgehead atoms. The molecule has 1 saturated heterocycles. The van der Waals surface area contributed by atoms with E-state index in [0.717, 1.165) is 0 Å². The molecular weight excluding hydrogens is 176 g/mol. The first-order valence-electron chi connectivity index (χ1n) is 4.56. The van der Waals surface area contributed by atoms with E-state index >= 15 is 0 Å². The van der Waals surface area contributed by atoms with Crippen molar-refractivity contribution in [1.29, 1.82) is 0 Å². The Balaban J connectivity index is 2.72. The second-order valence-corrected chi connectivity index (χ2v) is 4.53. The van der Waals surface area contributed by atoms with Gasteiger partial charge in [-0.2, -0.15) is 0 Å². The molecule has 78 valence electrons. The van der Waals surface area contributed by atoms with E-state index in [-0.39, 0.29) is 12.6 Å². The van der Waals surface area contributed by atoms with E-state index < -0.39 is 17.9 Å². The molecule has 13 heavy (non-hydrogen) atoms. The second kappa shape index (κ2) is 3.17. The summed E-state index contributed by atoms with van der Waals surface area (Å²) in [5.41, 5.74) is -1.26. The maximum Gasteiger partial charge on any atom is 0.263 e. The van der Waals surface area contributed by atoms with Gasteiger partial charge in [0.15, 0.2) is 0 Å². The number of hydrogen-bond acceptors (Lipinski definition) is 2. The standard InChI is InChI=1S/C9H17F2NO/c1-7(2)12-5-8(3,13)4-9(10,11)6-12/h7,13H,4-6H2,1-3H3. The van der Waals surface area contributed by atoms with Crippen molar-refractivity contribution in [3.05, 3.63) is 0 Å². The average molecular weight is 193 g/mol. The third kappa shape index (κ3) is 2.88. The van der Waals surface area contributed by atoms with Gasteiger partial charge in [-0.3, -0.25) is 4.90 Å². The topological polar surface area (TPSA) is 23.5 Å². The fourth-order valence-corrected chi connectivity index (χ4v) is 1.82. The van der Waals surface area contributed by atoms with Crippen molar-refractivity contribution >= 4 is 0 Å². The third-order valence-corrected chi connectivity index (χ3v) is 2.35. The molecule has 1 heterocycles. The lowest BCUT2D eigenvalue weighted by atomic mass is 9.91. The highest BCUT2D eigenvalue weighted by atomic mass is 19.3. The van der Waals surface area contributed by atoms with Gasteiger partial charge in [0, 0.05) is 19.0 Å². The lowest BCUT2D eigenvalue weighted by Gasteiger charge is -2.42. The molecule has 0 aromatic heterocycles. The van der Waals surface area contributed by atoms with Gasteiger partial charge in [-0.25, -0.2) is 8.78 Å². The van der Waals surface area contributed by atoms with Crippen molar-refractivity contribution in [3.63, 3.8) is 0 Å². The second-order valence-electron chi connectivity index (χ2n) is 4.53. The molecule has 1 aliphatic rings. The first-order valence-corrected chi connectivity index (χ1v) is 4.56. The minimum atomic E-state index is -2.76. The van der Waals surface area contributed by atoms with E-state index in [1.54, 1.807) is 4.90 Å². The molecule has 0 spiro atoms. The largest absolute Gasteiger partial charge is 0.389 e. The molecule has 0 aromatic carbocycles. The Morgan fingerprint density at radius 2 is 1.85 bits per heavy atom. The quantitative estimate of drug-likeness (QED) is 0.682. The van der Waals surface area contributed by atoms with Crippen LogP contribution >= 0.6 is 0 Å². The van der Waals surface area contributed by atoms with Crippen LogP contribution in [0.5, 0.6) is 0 Å². The van der Waals surface area contributed by atoms with Gasteiger partial charge < -0.3 is 5.11 Å². The maximum atomic E-state index is 13.1. The highest BCUT2D eigenvalue weighted by Gasteiger charge is 2.46. The predicted molar refractivity (Wildman–Crippen MR) is 46.9 cm³/mol. The molecule has 0 saturated carbocycles. The van der Waals surface area contributed by atoms with E-state index in [4.69, 9.17) is 0 Å². The van der Waals surface area contributed by atoms with E-state index in [0.29, 0.717) is 6.54 Å². The van der Waals surface area contributed by atoms with Crippen LogP contribution < -0.4 is 0 Å². The summed E-state index contributed by atoms with van der Waals surface area (Å²) in [6.07, 6.45) is -0.427. The monoisotopic (exact) mass is 193 g/mol. The van der Waals surface area contributed by atoms with Gasteiger partial charge in [-0.05, 0) is 20.8 Å². The SMILES string of the molecule is CC(C)N1CC(C)(O)CC(F)(F)C1. The minimum Gasteiger partial charge on any atom is -0.389 e. The number of rotatable bonds is 1. The Morgan fingerprint density at radius 3 is 2.23 bits per heavy atom. The summed E-state index contributed by atoms with van der Waals surface area (Å²) >= 11 is 0. The number of likely N-dealkylation sites (tertiary alicyclic amines) is 1. The Labute approximate surface area is 77.5 Å². The Kier molecular flexibility index (Phi) is 2.65. The fraction of sp³-hybridized carbons (Fsp3) is 1.00. The molecule has 0 amide bonds. The zero-order valence-electron chi connectivity index (χ0n) is 8.35. The van der Waals surface area contributed by atoms with Crippen LogP contribution in [-0.4, -0.2) is 40.7 Å². The van der Waals surface area contributed by atoms with Gasteiger partial charge in [0.2, 0.25) is 0 Å². The average Bonchev–Trinajstić information content (AvgIpc) is 1.79. The zero-order chi connectivity index (χ0) is 10.3. The van der Waals surface area contributed by atoms with E-state index in [9.17, 15) is 13.9 Å². The molecule has 1 fully saturated rings. The van der Waals surface area contributed by atoms with Crippen LogP contribution in [-0.2, 0) is 0 Å². The molecule has 1 N–H and O–H groups in total. The highest BCUT2D eigenvalue weighted by molar-refractivity contribution is 4.92. The zero-order valence-corrected chi connectivity index (χ0v) is 8.35. The molecule has 1 aliphatic heterocycles. The van der Waals surface area contributed by atoms with Gasteiger partial charge in [0.05, 0.1) is 12.1 Å². The van der Waals surface area contributed by atoms with E-state index in [1.165, 1.54) is 6.92 Å². The molecule has 0 radical (unpaired) electrons. The summed E-state index contributed by atoms with van der Waals surface area (Å²) < 4.78 is 26.2. The van der Waals surface area contributed by atoms with Gasteiger partial charge in [0.1, 0.15) is 0 Å². The van der Waals surface area contributed by atoms with Crippen LogP contribution in [0.2, 0.25) is 0 Å². The summed E-state index contributed by atoms with van der Waals surface area (Å²) in [5, 5.41) is 9.61. The van der Waals surface area contributed by atoms with Crippen LogP contribution in [0.1, 0.15) is 27.2 Å². The number of piperidine rings is 1. The molecule has 1 rings (SSSR count). The van der Waals surface area contributed by atoms with E-state index in [1.807, 2.05) is 13.8 Å². The Morgan fingerprint density at radius 1 is 1.31 bits per heavy atom. The molecule has 2 nitrogen and oxygen atoms in total. The van der Waals surface area contributed by atoms with E-state index in [2.05, 4.69) is 0 Å². The van der Waals surface area contributed by atoms with Gasteiger partial charge in [-0.1, -0.05) is 0 Å². The molecule has 4 heteroatoms. The fourth-order valence-electron chi connectivity index (χ4n) is 1.82. The van der Waals surface area contributed by atoms with Crippen LogP contribution in [0.15, 0.2) is 0 Å². The molecule has 0 aliphatic carbocycles. The van der Waals surface area contributed by atoms with Gasteiger partial charge in [-0.15, -0.1) is 0 Å². The van der Waals surface area contributed by atoms with Gasteiger partial charge >= 0.3 is 0 Å². The number of β-amino-alcohol motifs (C(OH)–C–C–N with tert-alkyl or cyclic N) is 1. The van der Waals surface area contributed by atoms with Crippen LogP contribution in [0.25, 0.3) is 0 Å². The normalized spacial score (nSPS) is 35.3. The highest BCUT2D eigenvalue weighted by Crippen LogP contribution is 2.33. The third-order valence-electron chi connectivity index (χ3n) is 2.35. The lowest BCUT2D eigenvalue weighted by Crippen LogP contribution is -2.56. The van der Waals surface area contributed by atoms with Crippen molar-refractivity contribution in [2.24, 2.45) is 0 Å². The van der Waals surface area contributed by atoms with Crippen molar-refractivity contribution in [1.82, 2.24) is 4.90 Å². The molecule has 1 atom stereocenters. The maximum absolute atomic E-state index is 13.1. The molecule has 0 aromatic rings. The van der Waals surface area contributed by atoms with Crippen molar-refractivity contribution < 1.29 is 13.9 Å². The number of halogens is 2. The Bertz CT molecular complexity index is 176. The first kappa shape index (κ1) is 10.9. The Hall–Kier alpha value is -0.220. The van der Waals surface area contributed by atoms with Gasteiger partial charge in [0.25, 0.3) is 5.92 Å². The summed E-state index contributed by atoms with van der Waals surface area (Å²) in [4.78, 5) is 1.61. The van der Waals surface area contributed by atoms with Crippen LogP contribution in [0, 0.1) is 0 Å². The summed E-state index contributed by atoms with van der Waals surface area (Å²) in [6.45, 7) is 5.28. The summed E-state index contributed by atoms with van der Waals surface area (Å²) in [7, 11) is 0. The number of hydrogen-bond donors (Lipinski definition) is 1. The number of nitrogens with zero attached hydrogens (tertiary/aromatic N) is 1. The first-order chi connectivity index (χ1) is 5.72. The van der Waals surface area contributed by atoms with Crippen LogP contribution in [0.4, 0.5) is 8.78 Å². The summed E-state index contributed by atoms with van der Waals surface area (Å²) in [5.74, 6) is -2.76. The number of alkyl halides is 2. The minimum absolute atomic E-state index is 0.0534. The summed E-state index contributed by atoms with van der Waals surface area (Å²) in [6, 6.07) is 0.0534. The smallest absolute Gasteiger partial charge is 0.263 e. The van der Waals surface area contributed by atoms with Crippen molar-refractivity contribution in [2.45, 2.75) is 44.8 Å². The lowest BCUT2D eigenvalue weighted by molar-refractivity contribution is -0.151. The number of aliphatic hydroxyl groups is 1. The molecule has 1 unspecified atom stereocenters. The molecular formula is C9H17F2NO. The predicted octanol–water partition coefficient (Wildman–Crippen LogP) is 1.49.